The van der Waals surface area contributed by atoms with Gasteiger partial charge in [0.25, 0.3) is 0 Å². The second-order valence-electron chi connectivity index (χ2n) is 5.00. The minimum Gasteiger partial charge on any atom is -0.384 e. The van der Waals surface area contributed by atoms with Crippen LogP contribution in [-0.4, -0.2) is 31.6 Å². The molecule has 0 atom stereocenters. The summed E-state index contributed by atoms with van der Waals surface area (Å²) in [6.07, 6.45) is 4.18. The minimum absolute atomic E-state index is 0.183. The second-order valence-corrected chi connectivity index (χ2v) is 5.00. The van der Waals surface area contributed by atoms with Crippen LogP contribution in [0, 0.1) is 11.7 Å². The fraction of sp³-hybridized carbons (Fsp3) is 0.571. The third-order valence-electron chi connectivity index (χ3n) is 3.44. The minimum atomic E-state index is -0.183. The lowest BCUT2D eigenvalue weighted by Gasteiger charge is -2.30. The SMILES string of the molecule is CN(CCNc1cccc(F)c1)CC1CCC1. The zero-order chi connectivity index (χ0) is 12.1. The molecule has 0 unspecified atom stereocenters. The maximum Gasteiger partial charge on any atom is 0.125 e. The van der Waals surface area contributed by atoms with E-state index in [1.807, 2.05) is 6.07 Å². The zero-order valence-corrected chi connectivity index (χ0v) is 10.5. The fourth-order valence-electron chi connectivity index (χ4n) is 2.20. The second kappa shape index (κ2) is 6.01. The van der Waals surface area contributed by atoms with Crippen LogP contribution in [-0.2, 0) is 0 Å². The van der Waals surface area contributed by atoms with Crippen molar-refractivity contribution in [1.29, 1.82) is 0 Å². The first-order valence-corrected chi connectivity index (χ1v) is 6.42. The predicted molar refractivity (Wildman–Crippen MR) is 69.7 cm³/mol. The number of nitrogens with one attached hydrogen (secondary N) is 1. The maximum absolute atomic E-state index is 12.9. The summed E-state index contributed by atoms with van der Waals surface area (Å²) in [6.45, 7) is 3.07. The monoisotopic (exact) mass is 236 g/mol. The van der Waals surface area contributed by atoms with E-state index < -0.39 is 0 Å². The van der Waals surface area contributed by atoms with Crippen molar-refractivity contribution in [2.45, 2.75) is 19.3 Å². The van der Waals surface area contributed by atoms with Crippen LogP contribution in [0.4, 0.5) is 10.1 Å². The predicted octanol–water partition coefficient (Wildman–Crippen LogP) is 2.97. The van der Waals surface area contributed by atoms with Crippen molar-refractivity contribution in [3.63, 3.8) is 0 Å². The van der Waals surface area contributed by atoms with E-state index in [4.69, 9.17) is 0 Å². The molecule has 0 heterocycles. The van der Waals surface area contributed by atoms with Crippen molar-refractivity contribution in [2.75, 3.05) is 32.0 Å². The van der Waals surface area contributed by atoms with E-state index in [-0.39, 0.29) is 5.82 Å². The highest BCUT2D eigenvalue weighted by Crippen LogP contribution is 2.26. The quantitative estimate of drug-likeness (QED) is 0.817. The van der Waals surface area contributed by atoms with Gasteiger partial charge in [0.1, 0.15) is 5.82 Å². The van der Waals surface area contributed by atoms with Gasteiger partial charge in [-0.1, -0.05) is 12.5 Å². The number of anilines is 1. The van der Waals surface area contributed by atoms with Crippen LogP contribution in [0.3, 0.4) is 0 Å². The van der Waals surface area contributed by atoms with Gasteiger partial charge in [-0.2, -0.15) is 0 Å². The molecule has 1 aliphatic carbocycles. The molecule has 2 nitrogen and oxygen atoms in total. The van der Waals surface area contributed by atoms with Gasteiger partial charge in [-0.25, -0.2) is 4.39 Å². The molecule has 0 bridgehead atoms. The van der Waals surface area contributed by atoms with E-state index in [0.717, 1.165) is 24.7 Å². The highest BCUT2D eigenvalue weighted by Gasteiger charge is 2.18. The maximum atomic E-state index is 12.9. The number of rotatable bonds is 6. The average molecular weight is 236 g/mol. The van der Waals surface area contributed by atoms with Crippen LogP contribution in [0.5, 0.6) is 0 Å². The lowest BCUT2D eigenvalue weighted by Crippen LogP contribution is -2.32. The van der Waals surface area contributed by atoms with Gasteiger partial charge >= 0.3 is 0 Å². The molecule has 1 aromatic carbocycles. The molecular weight excluding hydrogens is 215 g/mol. The van der Waals surface area contributed by atoms with Gasteiger partial charge in [0.15, 0.2) is 0 Å². The molecular formula is C14H21FN2. The molecule has 1 aliphatic rings. The first kappa shape index (κ1) is 12.4. The third-order valence-corrected chi connectivity index (χ3v) is 3.44. The van der Waals surface area contributed by atoms with Gasteiger partial charge in [-0.3, -0.25) is 0 Å². The molecule has 1 fully saturated rings. The lowest BCUT2D eigenvalue weighted by atomic mass is 9.85. The van der Waals surface area contributed by atoms with Gasteiger partial charge in [-0.15, -0.1) is 0 Å². The Morgan fingerprint density at radius 2 is 2.24 bits per heavy atom. The number of likely N-dealkylation sites (N-methyl/N-ethyl adjacent to an activating group) is 1. The van der Waals surface area contributed by atoms with Gasteiger partial charge in [-0.05, 0) is 44.0 Å². The Bertz CT molecular complexity index is 350. The van der Waals surface area contributed by atoms with Crippen LogP contribution < -0.4 is 5.32 Å². The van der Waals surface area contributed by atoms with Crippen molar-refractivity contribution >= 4 is 5.69 Å². The van der Waals surface area contributed by atoms with Gasteiger partial charge < -0.3 is 10.2 Å². The number of halogens is 1. The Morgan fingerprint density at radius 3 is 2.88 bits per heavy atom. The number of benzene rings is 1. The van der Waals surface area contributed by atoms with E-state index in [9.17, 15) is 4.39 Å². The summed E-state index contributed by atoms with van der Waals surface area (Å²) < 4.78 is 12.9. The Kier molecular flexibility index (Phi) is 4.37. The molecule has 0 spiro atoms. The molecule has 94 valence electrons. The first-order valence-electron chi connectivity index (χ1n) is 6.42. The molecule has 1 aromatic rings. The van der Waals surface area contributed by atoms with Gasteiger partial charge in [0, 0.05) is 25.3 Å². The lowest BCUT2D eigenvalue weighted by molar-refractivity contribution is 0.210. The highest BCUT2D eigenvalue weighted by molar-refractivity contribution is 5.42. The number of nitrogens with zero attached hydrogens (tertiary/aromatic N) is 1. The summed E-state index contributed by atoms with van der Waals surface area (Å²) in [5.74, 6) is 0.729. The average Bonchev–Trinajstić information content (AvgIpc) is 2.24. The Morgan fingerprint density at radius 1 is 1.41 bits per heavy atom. The molecule has 3 heteroatoms. The summed E-state index contributed by atoms with van der Waals surface area (Å²) in [5.41, 5.74) is 0.863. The number of hydrogen-bond acceptors (Lipinski definition) is 2. The van der Waals surface area contributed by atoms with Crippen molar-refractivity contribution in [3.8, 4) is 0 Å². The smallest absolute Gasteiger partial charge is 0.125 e. The molecule has 0 saturated heterocycles. The zero-order valence-electron chi connectivity index (χ0n) is 10.5. The molecule has 1 N–H and O–H groups in total. The molecule has 0 amide bonds. The molecule has 17 heavy (non-hydrogen) atoms. The largest absolute Gasteiger partial charge is 0.384 e. The standard InChI is InChI=1S/C14H21FN2/c1-17(11-12-4-2-5-12)9-8-16-14-7-3-6-13(15)10-14/h3,6-7,10,12,16H,2,4-5,8-9,11H2,1H3. The van der Waals surface area contributed by atoms with Crippen molar-refractivity contribution in [2.24, 2.45) is 5.92 Å². The Labute approximate surface area is 103 Å². The highest BCUT2D eigenvalue weighted by atomic mass is 19.1. The van der Waals surface area contributed by atoms with Crippen molar-refractivity contribution < 1.29 is 4.39 Å². The van der Waals surface area contributed by atoms with Crippen LogP contribution in [0.1, 0.15) is 19.3 Å². The molecule has 0 radical (unpaired) electrons. The van der Waals surface area contributed by atoms with Crippen LogP contribution >= 0.6 is 0 Å². The summed E-state index contributed by atoms with van der Waals surface area (Å²) in [4.78, 5) is 2.36. The van der Waals surface area contributed by atoms with Gasteiger partial charge in [0.05, 0.1) is 0 Å². The summed E-state index contributed by atoms with van der Waals surface area (Å²) in [7, 11) is 2.16. The van der Waals surface area contributed by atoms with Crippen LogP contribution in [0.15, 0.2) is 24.3 Å². The summed E-state index contributed by atoms with van der Waals surface area (Å²) in [5, 5.41) is 3.24. The summed E-state index contributed by atoms with van der Waals surface area (Å²) in [6, 6.07) is 6.63. The Hall–Kier alpha value is -1.09. The van der Waals surface area contributed by atoms with Crippen molar-refractivity contribution in [1.82, 2.24) is 4.90 Å². The van der Waals surface area contributed by atoms with Crippen LogP contribution in [0.2, 0.25) is 0 Å². The Balaban J connectivity index is 1.64. The van der Waals surface area contributed by atoms with E-state index in [0.29, 0.717) is 0 Å². The topological polar surface area (TPSA) is 15.3 Å². The van der Waals surface area contributed by atoms with E-state index in [1.165, 1.54) is 37.9 Å². The van der Waals surface area contributed by atoms with Gasteiger partial charge in [0.2, 0.25) is 0 Å². The normalized spacial score (nSPS) is 15.9. The third kappa shape index (κ3) is 4.00. The molecule has 2 rings (SSSR count). The van der Waals surface area contributed by atoms with E-state index in [1.54, 1.807) is 6.07 Å². The molecule has 0 aliphatic heterocycles. The van der Waals surface area contributed by atoms with E-state index in [2.05, 4.69) is 17.3 Å². The summed E-state index contributed by atoms with van der Waals surface area (Å²) >= 11 is 0. The van der Waals surface area contributed by atoms with E-state index >= 15 is 0 Å². The fourth-order valence-corrected chi connectivity index (χ4v) is 2.20. The number of hydrogen-bond donors (Lipinski definition) is 1. The van der Waals surface area contributed by atoms with Crippen molar-refractivity contribution in [3.05, 3.63) is 30.1 Å². The first-order chi connectivity index (χ1) is 8.24. The van der Waals surface area contributed by atoms with Crippen LogP contribution in [0.25, 0.3) is 0 Å². The molecule has 0 aromatic heterocycles. The molecule has 1 saturated carbocycles.